The molecule has 4 rings (SSSR count). The number of benzene rings is 3. The molecule has 124 valence electrons. The van der Waals surface area contributed by atoms with Gasteiger partial charge in [0.25, 0.3) is 0 Å². The van der Waals surface area contributed by atoms with E-state index in [1.807, 2.05) is 38.1 Å². The highest BCUT2D eigenvalue weighted by atomic mass is 14.7. The molecular formula is C22H21N3. The molecule has 25 heavy (non-hydrogen) atoms. The van der Waals surface area contributed by atoms with Crippen LogP contribution in [-0.4, -0.2) is 4.98 Å². The number of nitrogens with zero attached hydrogens (tertiary/aromatic N) is 1. The van der Waals surface area contributed by atoms with Crippen LogP contribution in [0, 0.1) is 0 Å². The predicted octanol–water partition coefficient (Wildman–Crippen LogP) is 4.83. The average Bonchev–Trinajstić information content (AvgIpc) is 2.60. The van der Waals surface area contributed by atoms with Gasteiger partial charge in [-0.2, -0.15) is 0 Å². The highest BCUT2D eigenvalue weighted by molar-refractivity contribution is 6.05. The Morgan fingerprint density at radius 1 is 0.840 bits per heavy atom. The van der Waals surface area contributed by atoms with Crippen LogP contribution in [0.4, 0.5) is 5.69 Å². The Kier molecular flexibility index (Phi) is 3.48. The second kappa shape index (κ2) is 5.57. The monoisotopic (exact) mass is 327 g/mol. The summed E-state index contributed by atoms with van der Waals surface area (Å²) in [6, 6.07) is 22.7. The maximum absolute atomic E-state index is 6.27. The number of hydrogen-bond acceptors (Lipinski definition) is 3. The number of anilines is 1. The van der Waals surface area contributed by atoms with Crippen molar-refractivity contribution in [3.05, 3.63) is 72.3 Å². The maximum atomic E-state index is 6.27. The molecular weight excluding hydrogens is 306 g/mol. The molecule has 0 atom stereocenters. The van der Waals surface area contributed by atoms with Crippen LogP contribution in [0.15, 0.2) is 66.7 Å². The third-order valence-corrected chi connectivity index (χ3v) is 4.63. The summed E-state index contributed by atoms with van der Waals surface area (Å²) in [7, 11) is 0. The van der Waals surface area contributed by atoms with Crippen molar-refractivity contribution in [1.29, 1.82) is 0 Å². The van der Waals surface area contributed by atoms with Gasteiger partial charge in [-0.1, -0.05) is 48.5 Å². The molecule has 4 N–H and O–H groups in total. The van der Waals surface area contributed by atoms with Gasteiger partial charge < -0.3 is 11.5 Å². The Hall–Kier alpha value is -2.91. The zero-order chi connectivity index (χ0) is 17.6. The van der Waals surface area contributed by atoms with Crippen LogP contribution >= 0.6 is 0 Å². The molecule has 0 radical (unpaired) electrons. The average molecular weight is 327 g/mol. The molecule has 0 spiro atoms. The van der Waals surface area contributed by atoms with E-state index in [0.717, 1.165) is 33.1 Å². The van der Waals surface area contributed by atoms with Gasteiger partial charge in [-0.3, -0.25) is 0 Å². The van der Waals surface area contributed by atoms with Gasteiger partial charge in [0.15, 0.2) is 0 Å². The van der Waals surface area contributed by atoms with E-state index in [9.17, 15) is 0 Å². The fourth-order valence-corrected chi connectivity index (χ4v) is 3.29. The summed E-state index contributed by atoms with van der Waals surface area (Å²) < 4.78 is 0. The number of nitrogens with two attached hydrogens (primary N) is 2. The van der Waals surface area contributed by atoms with Gasteiger partial charge in [0.2, 0.25) is 0 Å². The SMILES string of the molecule is CC(C)(N)c1cc(-c2ccc3ccc4ccccc4c3n2)ccc1N. The number of rotatable bonds is 2. The number of aromatic nitrogens is 1. The van der Waals surface area contributed by atoms with Crippen LogP contribution in [0.5, 0.6) is 0 Å². The van der Waals surface area contributed by atoms with Gasteiger partial charge in [0.1, 0.15) is 0 Å². The molecule has 3 nitrogen and oxygen atoms in total. The number of fused-ring (bicyclic) bond motifs is 3. The third kappa shape index (κ3) is 2.73. The van der Waals surface area contributed by atoms with E-state index in [0.29, 0.717) is 5.69 Å². The van der Waals surface area contributed by atoms with Gasteiger partial charge in [-0.25, -0.2) is 4.98 Å². The molecule has 4 aromatic rings. The first-order valence-electron chi connectivity index (χ1n) is 8.41. The first-order chi connectivity index (χ1) is 11.9. The largest absolute Gasteiger partial charge is 0.398 e. The second-order valence-corrected chi connectivity index (χ2v) is 7.08. The summed E-state index contributed by atoms with van der Waals surface area (Å²) in [6.07, 6.45) is 0. The standard InChI is InChI=1S/C22H21N3/c1-22(2,24)18-13-16(9-11-19(18)23)20-12-10-15-8-7-14-5-3-4-6-17(14)21(15)25-20/h3-13H,23-24H2,1-2H3. The Balaban J connectivity index is 1.94. The van der Waals surface area contributed by atoms with Crippen LogP contribution in [0.1, 0.15) is 19.4 Å². The van der Waals surface area contributed by atoms with Gasteiger partial charge >= 0.3 is 0 Å². The summed E-state index contributed by atoms with van der Waals surface area (Å²) >= 11 is 0. The van der Waals surface area contributed by atoms with E-state index in [2.05, 4.69) is 42.5 Å². The van der Waals surface area contributed by atoms with Crippen molar-refractivity contribution in [2.24, 2.45) is 5.73 Å². The Bertz CT molecular complexity index is 1090. The molecule has 0 amide bonds. The molecule has 0 saturated carbocycles. The lowest BCUT2D eigenvalue weighted by Gasteiger charge is -2.22. The van der Waals surface area contributed by atoms with E-state index < -0.39 is 5.54 Å². The van der Waals surface area contributed by atoms with Crippen molar-refractivity contribution in [1.82, 2.24) is 4.98 Å². The normalized spacial score (nSPS) is 12.0. The van der Waals surface area contributed by atoms with Gasteiger partial charge in [-0.15, -0.1) is 0 Å². The first-order valence-corrected chi connectivity index (χ1v) is 8.41. The lowest BCUT2D eigenvalue weighted by atomic mass is 9.91. The predicted molar refractivity (Wildman–Crippen MR) is 106 cm³/mol. The van der Waals surface area contributed by atoms with Crippen molar-refractivity contribution in [2.45, 2.75) is 19.4 Å². The summed E-state index contributed by atoms with van der Waals surface area (Å²) in [5, 5.41) is 3.50. The molecule has 1 aromatic heterocycles. The van der Waals surface area contributed by atoms with Crippen molar-refractivity contribution < 1.29 is 0 Å². The summed E-state index contributed by atoms with van der Waals surface area (Å²) in [5.74, 6) is 0. The van der Waals surface area contributed by atoms with Gasteiger partial charge in [0, 0.05) is 27.6 Å². The lowest BCUT2D eigenvalue weighted by molar-refractivity contribution is 0.557. The minimum absolute atomic E-state index is 0.496. The molecule has 0 saturated heterocycles. The van der Waals surface area contributed by atoms with Crippen molar-refractivity contribution >= 4 is 27.4 Å². The molecule has 0 unspecified atom stereocenters. The summed E-state index contributed by atoms with van der Waals surface area (Å²) in [4.78, 5) is 4.94. The molecule has 1 heterocycles. The summed E-state index contributed by atoms with van der Waals surface area (Å²) in [6.45, 7) is 3.92. The maximum Gasteiger partial charge on any atom is 0.0787 e. The minimum atomic E-state index is -0.496. The second-order valence-electron chi connectivity index (χ2n) is 7.08. The number of pyridine rings is 1. The van der Waals surface area contributed by atoms with E-state index in [4.69, 9.17) is 16.5 Å². The molecule has 0 aliphatic heterocycles. The van der Waals surface area contributed by atoms with E-state index in [-0.39, 0.29) is 0 Å². The lowest BCUT2D eigenvalue weighted by Crippen LogP contribution is -2.29. The molecule has 3 aromatic carbocycles. The summed E-state index contributed by atoms with van der Waals surface area (Å²) in [5.41, 5.74) is 16.5. The highest BCUT2D eigenvalue weighted by Crippen LogP contribution is 2.31. The Morgan fingerprint density at radius 3 is 2.36 bits per heavy atom. The smallest absolute Gasteiger partial charge is 0.0787 e. The van der Waals surface area contributed by atoms with Crippen molar-refractivity contribution in [3.8, 4) is 11.3 Å². The van der Waals surface area contributed by atoms with Crippen LogP contribution in [-0.2, 0) is 5.54 Å². The Labute approximate surface area is 147 Å². The minimum Gasteiger partial charge on any atom is -0.398 e. The van der Waals surface area contributed by atoms with E-state index >= 15 is 0 Å². The Morgan fingerprint density at radius 2 is 1.56 bits per heavy atom. The molecule has 0 aliphatic carbocycles. The van der Waals surface area contributed by atoms with Crippen LogP contribution in [0.3, 0.4) is 0 Å². The zero-order valence-corrected chi connectivity index (χ0v) is 14.5. The quantitative estimate of drug-likeness (QED) is 0.409. The van der Waals surface area contributed by atoms with E-state index in [1.54, 1.807) is 0 Å². The zero-order valence-electron chi connectivity index (χ0n) is 14.5. The van der Waals surface area contributed by atoms with Crippen LogP contribution in [0.2, 0.25) is 0 Å². The molecule has 0 fully saturated rings. The number of hydrogen-bond donors (Lipinski definition) is 2. The molecule has 0 bridgehead atoms. The molecule has 0 aliphatic rings. The number of nitrogen functional groups attached to an aromatic ring is 1. The topological polar surface area (TPSA) is 64.9 Å². The van der Waals surface area contributed by atoms with Crippen molar-refractivity contribution in [2.75, 3.05) is 5.73 Å². The van der Waals surface area contributed by atoms with Gasteiger partial charge in [-0.05, 0) is 43.0 Å². The third-order valence-electron chi connectivity index (χ3n) is 4.63. The van der Waals surface area contributed by atoms with E-state index in [1.165, 1.54) is 5.39 Å². The molecule has 3 heteroatoms. The first kappa shape index (κ1) is 15.6. The van der Waals surface area contributed by atoms with Crippen molar-refractivity contribution in [3.63, 3.8) is 0 Å². The van der Waals surface area contributed by atoms with Gasteiger partial charge in [0.05, 0.1) is 11.2 Å². The fourth-order valence-electron chi connectivity index (χ4n) is 3.29. The van der Waals surface area contributed by atoms with Crippen LogP contribution < -0.4 is 11.5 Å². The highest BCUT2D eigenvalue weighted by Gasteiger charge is 2.18. The van der Waals surface area contributed by atoms with Crippen LogP contribution in [0.25, 0.3) is 32.9 Å². The fraction of sp³-hybridized carbons (Fsp3) is 0.136.